The minimum absolute atomic E-state index is 0.0403. The number of rotatable bonds is 2. The third-order valence-corrected chi connectivity index (χ3v) is 3.11. The van der Waals surface area contributed by atoms with Crippen molar-refractivity contribution in [1.29, 1.82) is 0 Å². The molecule has 2 aliphatic rings. The molecule has 3 nitrogen and oxygen atoms in total. The van der Waals surface area contributed by atoms with Crippen molar-refractivity contribution in [2.45, 2.75) is 18.8 Å². The van der Waals surface area contributed by atoms with E-state index in [1.54, 1.807) is 0 Å². The average molecular weight is 242 g/mol. The van der Waals surface area contributed by atoms with Crippen molar-refractivity contribution in [1.82, 2.24) is 0 Å². The first kappa shape index (κ1) is 11.4. The molecule has 3 rings (SSSR count). The number of hydrogen-bond acceptors (Lipinski definition) is 3. The Morgan fingerprint density at radius 1 is 1.22 bits per heavy atom. The highest BCUT2D eigenvalue weighted by Gasteiger charge is 2.39. The van der Waals surface area contributed by atoms with Gasteiger partial charge in [-0.15, -0.1) is 0 Å². The fourth-order valence-electron chi connectivity index (χ4n) is 2.18. The maximum Gasteiger partial charge on any atom is 0.222 e. The molecule has 2 aliphatic heterocycles. The third kappa shape index (κ3) is 2.28. The molecule has 2 bridgehead atoms. The highest BCUT2D eigenvalue weighted by Crippen LogP contribution is 2.28. The summed E-state index contributed by atoms with van der Waals surface area (Å²) in [5.74, 6) is -0.0403. The summed E-state index contributed by atoms with van der Waals surface area (Å²) in [6, 6.07) is 10.00. The van der Waals surface area contributed by atoms with Crippen molar-refractivity contribution in [3.05, 3.63) is 53.6 Å². The Labute approximate surface area is 106 Å². The molecule has 0 spiro atoms. The van der Waals surface area contributed by atoms with Gasteiger partial charge in [0.25, 0.3) is 0 Å². The van der Waals surface area contributed by atoms with Crippen LogP contribution in [-0.4, -0.2) is 24.8 Å². The first-order chi connectivity index (χ1) is 8.83. The van der Waals surface area contributed by atoms with E-state index in [-0.39, 0.29) is 11.9 Å². The van der Waals surface area contributed by atoms with Crippen molar-refractivity contribution < 1.29 is 14.3 Å². The minimum Gasteiger partial charge on any atom is -0.343 e. The van der Waals surface area contributed by atoms with E-state index in [0.717, 1.165) is 11.1 Å². The quantitative estimate of drug-likeness (QED) is 0.747. The number of carbonyl (C=O) groups excluding carboxylic acids is 1. The first-order valence-electron chi connectivity index (χ1n) is 6.06. The van der Waals surface area contributed by atoms with Crippen molar-refractivity contribution in [2.24, 2.45) is 0 Å². The molecule has 0 amide bonds. The van der Waals surface area contributed by atoms with Crippen LogP contribution in [-0.2, 0) is 14.3 Å². The summed E-state index contributed by atoms with van der Waals surface area (Å²) in [6.45, 7) is 0.524. The molecule has 1 aromatic carbocycles. The summed E-state index contributed by atoms with van der Waals surface area (Å²) in [5.41, 5.74) is 1.91. The Morgan fingerprint density at radius 2 is 2.06 bits per heavy atom. The molecule has 0 unspecified atom stereocenters. The second-order valence-electron chi connectivity index (χ2n) is 4.45. The lowest BCUT2D eigenvalue weighted by atomic mass is 10.0. The number of hydrogen-bond donors (Lipinski definition) is 0. The first-order valence-corrected chi connectivity index (χ1v) is 6.06. The maximum atomic E-state index is 11.9. The summed E-state index contributed by atoms with van der Waals surface area (Å²) in [5, 5.41) is 0. The molecular weight excluding hydrogens is 228 g/mol. The normalized spacial score (nSPS) is 29.3. The lowest BCUT2D eigenvalue weighted by molar-refractivity contribution is -0.146. The van der Waals surface area contributed by atoms with Crippen LogP contribution < -0.4 is 0 Å². The lowest BCUT2D eigenvalue weighted by Crippen LogP contribution is -2.30. The molecule has 0 aromatic heterocycles. The number of ether oxygens (including phenoxy) is 2. The molecule has 2 saturated heterocycles. The Bertz CT molecular complexity index is 502. The standard InChI is InChI=1S/C15H14O3/c16-14-12(9-13-10-17-15(14)18-13)8-4-7-11-5-2-1-3-6-11/h1-8,13,15H,9-10H2/b7-4+,12-8+/t13-,15+/m0/s1. The largest absolute Gasteiger partial charge is 0.343 e. The van der Waals surface area contributed by atoms with Crippen LogP contribution in [0.2, 0.25) is 0 Å². The molecule has 0 N–H and O–H groups in total. The van der Waals surface area contributed by atoms with E-state index in [2.05, 4.69) is 0 Å². The smallest absolute Gasteiger partial charge is 0.222 e. The van der Waals surface area contributed by atoms with Gasteiger partial charge in [0.15, 0.2) is 0 Å². The fraction of sp³-hybridized carbons (Fsp3) is 0.267. The summed E-state index contributed by atoms with van der Waals surface area (Å²) < 4.78 is 10.6. The average Bonchev–Trinajstić information content (AvgIpc) is 2.81. The molecule has 1 aromatic rings. The predicted molar refractivity (Wildman–Crippen MR) is 67.8 cm³/mol. The van der Waals surface area contributed by atoms with Crippen LogP contribution in [0.15, 0.2) is 48.1 Å². The summed E-state index contributed by atoms with van der Waals surface area (Å²) in [6.07, 6.45) is 5.79. The van der Waals surface area contributed by atoms with Gasteiger partial charge in [-0.1, -0.05) is 48.6 Å². The van der Waals surface area contributed by atoms with Gasteiger partial charge in [-0.2, -0.15) is 0 Å². The molecule has 2 fully saturated rings. The third-order valence-electron chi connectivity index (χ3n) is 3.11. The second kappa shape index (κ2) is 4.88. The maximum absolute atomic E-state index is 11.9. The van der Waals surface area contributed by atoms with Crippen LogP contribution >= 0.6 is 0 Å². The number of benzene rings is 1. The molecule has 0 aliphatic carbocycles. The number of fused-ring (bicyclic) bond motifs is 2. The van der Waals surface area contributed by atoms with Crippen molar-refractivity contribution in [3.63, 3.8) is 0 Å². The van der Waals surface area contributed by atoms with E-state index in [1.807, 2.05) is 48.6 Å². The second-order valence-corrected chi connectivity index (χ2v) is 4.45. The van der Waals surface area contributed by atoms with Gasteiger partial charge in [0.1, 0.15) is 0 Å². The highest BCUT2D eigenvalue weighted by molar-refractivity contribution is 5.99. The van der Waals surface area contributed by atoms with E-state index < -0.39 is 6.29 Å². The van der Waals surface area contributed by atoms with Crippen LogP contribution in [0.5, 0.6) is 0 Å². The monoisotopic (exact) mass is 242 g/mol. The number of Topliss-reactive ketones (excluding diaryl/α,β-unsaturated/α-hetero) is 1. The molecular formula is C15H14O3. The van der Waals surface area contributed by atoms with Crippen molar-refractivity contribution >= 4 is 11.9 Å². The zero-order valence-corrected chi connectivity index (χ0v) is 9.91. The number of carbonyl (C=O) groups is 1. The van der Waals surface area contributed by atoms with Gasteiger partial charge in [-0.05, 0) is 5.56 Å². The van der Waals surface area contributed by atoms with E-state index in [9.17, 15) is 4.79 Å². The Hall–Kier alpha value is -1.71. The van der Waals surface area contributed by atoms with Crippen LogP contribution in [0.3, 0.4) is 0 Å². The summed E-state index contributed by atoms with van der Waals surface area (Å²) in [4.78, 5) is 11.9. The fourth-order valence-corrected chi connectivity index (χ4v) is 2.18. The van der Waals surface area contributed by atoms with Gasteiger partial charge < -0.3 is 9.47 Å². The lowest BCUT2D eigenvalue weighted by Gasteiger charge is -2.18. The van der Waals surface area contributed by atoms with Gasteiger partial charge in [0.05, 0.1) is 12.7 Å². The molecule has 18 heavy (non-hydrogen) atoms. The van der Waals surface area contributed by atoms with Crippen LogP contribution in [0.4, 0.5) is 0 Å². The van der Waals surface area contributed by atoms with Gasteiger partial charge in [-0.25, -0.2) is 0 Å². The summed E-state index contributed by atoms with van der Waals surface area (Å²) in [7, 11) is 0. The zero-order valence-electron chi connectivity index (χ0n) is 9.91. The highest BCUT2D eigenvalue weighted by atomic mass is 16.7. The number of allylic oxidation sites excluding steroid dienone is 2. The van der Waals surface area contributed by atoms with Crippen molar-refractivity contribution in [3.8, 4) is 0 Å². The summed E-state index contributed by atoms with van der Waals surface area (Å²) >= 11 is 0. The zero-order chi connectivity index (χ0) is 12.4. The van der Waals surface area contributed by atoms with E-state index in [0.29, 0.717) is 13.0 Å². The van der Waals surface area contributed by atoms with E-state index in [4.69, 9.17) is 9.47 Å². The Kier molecular flexibility index (Phi) is 3.09. The van der Waals surface area contributed by atoms with Gasteiger partial charge >= 0.3 is 0 Å². The van der Waals surface area contributed by atoms with Gasteiger partial charge in [0.2, 0.25) is 12.1 Å². The minimum atomic E-state index is -0.667. The van der Waals surface area contributed by atoms with Gasteiger partial charge in [-0.3, -0.25) is 4.79 Å². The van der Waals surface area contributed by atoms with Crippen LogP contribution in [0.1, 0.15) is 12.0 Å². The predicted octanol–water partition coefficient (Wildman–Crippen LogP) is 2.34. The molecule has 2 atom stereocenters. The van der Waals surface area contributed by atoms with Crippen LogP contribution in [0.25, 0.3) is 6.08 Å². The Balaban J connectivity index is 1.73. The molecule has 0 saturated carbocycles. The SMILES string of the molecule is O=C1/C(=C/C=C/c2ccccc2)C[C@H]2CO[C@@H]1O2. The molecule has 2 heterocycles. The number of ketones is 1. The molecule has 92 valence electrons. The topological polar surface area (TPSA) is 35.5 Å². The van der Waals surface area contributed by atoms with Crippen molar-refractivity contribution in [2.75, 3.05) is 6.61 Å². The van der Waals surface area contributed by atoms with E-state index >= 15 is 0 Å². The molecule has 0 radical (unpaired) electrons. The molecule has 3 heteroatoms. The van der Waals surface area contributed by atoms with E-state index in [1.165, 1.54) is 0 Å². The van der Waals surface area contributed by atoms with Crippen LogP contribution in [0, 0.1) is 0 Å². The van der Waals surface area contributed by atoms with Gasteiger partial charge in [0, 0.05) is 12.0 Å². The Morgan fingerprint density at radius 3 is 2.89 bits per heavy atom.